The molecule has 0 fully saturated rings. The van der Waals surface area contributed by atoms with Crippen molar-refractivity contribution in [2.24, 2.45) is 0 Å². The van der Waals surface area contributed by atoms with Gasteiger partial charge in [-0.15, -0.1) is 22.7 Å². The lowest BCUT2D eigenvalue weighted by atomic mass is 10.2. The number of aromatic amines is 1. The first-order valence-corrected chi connectivity index (χ1v) is 10.4. The Labute approximate surface area is 168 Å². The van der Waals surface area contributed by atoms with Crippen molar-refractivity contribution in [1.29, 1.82) is 0 Å². The molecule has 0 saturated heterocycles. The van der Waals surface area contributed by atoms with E-state index in [9.17, 15) is 4.79 Å². The molecule has 4 nitrogen and oxygen atoms in total. The molecule has 4 rings (SSSR count). The molecule has 0 aliphatic heterocycles. The van der Waals surface area contributed by atoms with Crippen LogP contribution in [0, 0.1) is 0 Å². The van der Waals surface area contributed by atoms with E-state index in [4.69, 9.17) is 16.3 Å². The highest BCUT2D eigenvalue weighted by molar-refractivity contribution is 7.18. The minimum atomic E-state index is -0.186. The Bertz CT molecular complexity index is 1180. The van der Waals surface area contributed by atoms with Crippen molar-refractivity contribution in [1.82, 2.24) is 9.97 Å². The maximum absolute atomic E-state index is 12.7. The first kappa shape index (κ1) is 18.0. The smallest absolute Gasteiger partial charge is 0.260 e. The Morgan fingerprint density at radius 2 is 2.19 bits per heavy atom. The second kappa shape index (κ2) is 7.68. The molecule has 0 spiro atoms. The number of fused-ring (bicyclic) bond motifs is 1. The molecule has 0 radical (unpaired) electrons. The molecule has 3 aromatic heterocycles. The Morgan fingerprint density at radius 3 is 2.96 bits per heavy atom. The fourth-order valence-electron chi connectivity index (χ4n) is 2.75. The average Bonchev–Trinajstić information content (AvgIpc) is 3.31. The molecular weight excluding hydrogens is 400 g/mol. The molecule has 136 valence electrons. The number of H-pyrrole nitrogens is 1. The largest absolute Gasteiger partial charge is 0.494 e. The van der Waals surface area contributed by atoms with Crippen molar-refractivity contribution < 1.29 is 4.74 Å². The van der Waals surface area contributed by atoms with Crippen LogP contribution < -0.4 is 10.3 Å². The lowest BCUT2D eigenvalue weighted by Gasteiger charge is -2.04. The fourth-order valence-corrected chi connectivity index (χ4v) is 4.73. The SMILES string of the molecule is CCOc1cccc(/C=C(\Cl)c2nc3scc(-c4cccs4)c3c(=O)[nH]2)c1. The molecule has 27 heavy (non-hydrogen) atoms. The van der Waals surface area contributed by atoms with Gasteiger partial charge < -0.3 is 9.72 Å². The molecule has 0 bridgehead atoms. The zero-order chi connectivity index (χ0) is 18.8. The zero-order valence-corrected chi connectivity index (χ0v) is 16.8. The summed E-state index contributed by atoms with van der Waals surface area (Å²) in [6.45, 7) is 2.53. The van der Waals surface area contributed by atoms with Crippen LogP contribution in [0.2, 0.25) is 0 Å². The number of nitrogens with one attached hydrogen (secondary N) is 1. The van der Waals surface area contributed by atoms with Gasteiger partial charge in [0, 0.05) is 15.8 Å². The summed E-state index contributed by atoms with van der Waals surface area (Å²) in [6.07, 6.45) is 1.77. The van der Waals surface area contributed by atoms with Crippen molar-refractivity contribution >= 4 is 55.6 Å². The standard InChI is InChI=1S/C20H15ClN2O2S2/c1-2-25-13-6-3-5-12(9-13)10-15(21)18-22-19(24)17-14(11-27-20(17)23-18)16-7-4-8-26-16/h3-11H,2H2,1H3,(H,22,23,24)/b15-10-. The number of nitrogens with zero attached hydrogens (tertiary/aromatic N) is 1. The van der Waals surface area contributed by atoms with E-state index in [1.54, 1.807) is 17.4 Å². The molecule has 7 heteroatoms. The zero-order valence-electron chi connectivity index (χ0n) is 14.4. The predicted molar refractivity (Wildman–Crippen MR) is 115 cm³/mol. The second-order valence-corrected chi connectivity index (χ2v) is 7.93. The third-order valence-electron chi connectivity index (χ3n) is 3.92. The Morgan fingerprint density at radius 1 is 1.30 bits per heavy atom. The first-order chi connectivity index (χ1) is 13.2. The quantitative estimate of drug-likeness (QED) is 0.445. The van der Waals surface area contributed by atoms with Crippen molar-refractivity contribution in [3.8, 4) is 16.2 Å². The lowest BCUT2D eigenvalue weighted by molar-refractivity contribution is 0.340. The van der Waals surface area contributed by atoms with E-state index in [0.717, 1.165) is 21.8 Å². The summed E-state index contributed by atoms with van der Waals surface area (Å²) >= 11 is 9.48. The highest BCUT2D eigenvalue weighted by Crippen LogP contribution is 2.34. The van der Waals surface area contributed by atoms with Gasteiger partial charge in [-0.1, -0.05) is 29.8 Å². The number of thiophene rings is 2. The number of ether oxygens (including phenoxy) is 1. The molecule has 0 unspecified atom stereocenters. The lowest BCUT2D eigenvalue weighted by Crippen LogP contribution is -2.10. The van der Waals surface area contributed by atoms with E-state index in [1.165, 1.54) is 11.3 Å². The summed E-state index contributed by atoms with van der Waals surface area (Å²) < 4.78 is 5.51. The summed E-state index contributed by atoms with van der Waals surface area (Å²) in [7, 11) is 0. The molecule has 0 amide bonds. The first-order valence-electron chi connectivity index (χ1n) is 8.31. The summed E-state index contributed by atoms with van der Waals surface area (Å²) in [5, 5.41) is 4.93. The Kier molecular flexibility index (Phi) is 5.11. The molecule has 0 atom stereocenters. The fraction of sp³-hybridized carbons (Fsp3) is 0.100. The van der Waals surface area contributed by atoms with Crippen LogP contribution in [0.5, 0.6) is 5.75 Å². The molecule has 0 saturated carbocycles. The van der Waals surface area contributed by atoms with Gasteiger partial charge >= 0.3 is 0 Å². The maximum Gasteiger partial charge on any atom is 0.260 e. The van der Waals surface area contributed by atoms with E-state index in [0.29, 0.717) is 27.7 Å². The van der Waals surface area contributed by atoms with Gasteiger partial charge in [0.2, 0.25) is 0 Å². The molecule has 0 aliphatic rings. The van der Waals surface area contributed by atoms with Crippen LogP contribution in [0.15, 0.2) is 52.0 Å². The van der Waals surface area contributed by atoms with Crippen LogP contribution in [0.4, 0.5) is 0 Å². The second-order valence-electron chi connectivity index (χ2n) is 5.72. The molecule has 1 aromatic carbocycles. The molecule has 4 aromatic rings. The van der Waals surface area contributed by atoms with Gasteiger partial charge in [0.25, 0.3) is 5.56 Å². The topological polar surface area (TPSA) is 55.0 Å². The van der Waals surface area contributed by atoms with E-state index in [2.05, 4.69) is 9.97 Å². The van der Waals surface area contributed by atoms with Gasteiger partial charge in [-0.2, -0.15) is 0 Å². The van der Waals surface area contributed by atoms with Crippen LogP contribution in [-0.2, 0) is 0 Å². The van der Waals surface area contributed by atoms with E-state index >= 15 is 0 Å². The van der Waals surface area contributed by atoms with Crippen molar-refractivity contribution in [2.75, 3.05) is 6.61 Å². The van der Waals surface area contributed by atoms with Gasteiger partial charge in [-0.3, -0.25) is 4.79 Å². The number of hydrogen-bond acceptors (Lipinski definition) is 5. The number of halogens is 1. The number of aromatic nitrogens is 2. The highest BCUT2D eigenvalue weighted by atomic mass is 35.5. The third-order valence-corrected chi connectivity index (χ3v) is 5.98. The average molecular weight is 415 g/mol. The minimum absolute atomic E-state index is 0.186. The minimum Gasteiger partial charge on any atom is -0.494 e. The van der Waals surface area contributed by atoms with Gasteiger partial charge in [0.05, 0.1) is 17.0 Å². The number of rotatable bonds is 5. The van der Waals surface area contributed by atoms with Gasteiger partial charge in [0.15, 0.2) is 5.82 Å². The van der Waals surface area contributed by atoms with Crippen LogP contribution in [0.1, 0.15) is 18.3 Å². The summed E-state index contributed by atoms with van der Waals surface area (Å²) in [4.78, 5) is 21.8. The van der Waals surface area contributed by atoms with E-state index < -0.39 is 0 Å². The van der Waals surface area contributed by atoms with Gasteiger partial charge in [-0.05, 0) is 42.1 Å². The maximum atomic E-state index is 12.7. The normalized spacial score (nSPS) is 11.9. The van der Waals surface area contributed by atoms with E-state index in [1.807, 2.05) is 54.1 Å². The van der Waals surface area contributed by atoms with Crippen molar-refractivity contribution in [2.45, 2.75) is 6.92 Å². The van der Waals surface area contributed by atoms with Crippen LogP contribution in [0.25, 0.3) is 31.8 Å². The monoisotopic (exact) mass is 414 g/mol. The summed E-state index contributed by atoms with van der Waals surface area (Å²) in [5.41, 5.74) is 1.60. The molecule has 0 aliphatic carbocycles. The Balaban J connectivity index is 1.74. The summed E-state index contributed by atoms with van der Waals surface area (Å²) in [6, 6.07) is 11.6. The molecular formula is C20H15ClN2O2S2. The number of hydrogen-bond donors (Lipinski definition) is 1. The van der Waals surface area contributed by atoms with Crippen LogP contribution in [0.3, 0.4) is 0 Å². The van der Waals surface area contributed by atoms with E-state index in [-0.39, 0.29) is 5.56 Å². The van der Waals surface area contributed by atoms with Crippen LogP contribution in [-0.4, -0.2) is 16.6 Å². The van der Waals surface area contributed by atoms with Crippen LogP contribution >= 0.6 is 34.3 Å². The number of benzene rings is 1. The molecule has 1 N–H and O–H groups in total. The molecule has 3 heterocycles. The predicted octanol–water partition coefficient (Wildman–Crippen LogP) is 5.85. The van der Waals surface area contributed by atoms with Crippen molar-refractivity contribution in [3.05, 3.63) is 68.9 Å². The summed E-state index contributed by atoms with van der Waals surface area (Å²) in [5.74, 6) is 1.13. The van der Waals surface area contributed by atoms with Gasteiger partial charge in [-0.25, -0.2) is 4.98 Å². The van der Waals surface area contributed by atoms with Gasteiger partial charge in [0.1, 0.15) is 10.6 Å². The Hall–Kier alpha value is -2.41. The highest BCUT2D eigenvalue weighted by Gasteiger charge is 2.14. The third kappa shape index (κ3) is 3.69. The van der Waals surface area contributed by atoms with Crippen molar-refractivity contribution in [3.63, 3.8) is 0 Å².